The minimum atomic E-state index is -1.22. The number of amides is 3. The van der Waals surface area contributed by atoms with Crippen LogP contribution in [-0.2, 0) is 25.6 Å². The first-order chi connectivity index (χ1) is 17.4. The summed E-state index contributed by atoms with van der Waals surface area (Å²) in [5.41, 5.74) is 17.1. The highest BCUT2D eigenvalue weighted by atomic mass is 32.1. The normalized spacial score (nSPS) is 14.1. The van der Waals surface area contributed by atoms with E-state index in [1.165, 1.54) is 0 Å². The molecule has 0 aromatic heterocycles. The molecule has 0 aliphatic carbocycles. The van der Waals surface area contributed by atoms with Gasteiger partial charge in [0.2, 0.25) is 17.7 Å². The number of guanidine groups is 1. The highest BCUT2D eigenvalue weighted by molar-refractivity contribution is 7.80. The van der Waals surface area contributed by atoms with Crippen molar-refractivity contribution < 1.29 is 24.3 Å². The molecule has 0 bridgehead atoms. The number of hydrogen-bond acceptors (Lipinski definition) is 7. The lowest BCUT2D eigenvalue weighted by Crippen LogP contribution is -2.58. The maximum atomic E-state index is 13.3. The van der Waals surface area contributed by atoms with E-state index >= 15 is 0 Å². The van der Waals surface area contributed by atoms with Crippen LogP contribution in [0.4, 0.5) is 0 Å². The number of nitrogens with zero attached hydrogens (tertiary/aromatic N) is 1. The zero-order valence-corrected chi connectivity index (χ0v) is 22.1. The number of hydrogen-bond donors (Lipinski definition) is 8. The summed E-state index contributed by atoms with van der Waals surface area (Å²) in [5, 5.41) is 17.4. The molecule has 12 nitrogen and oxygen atoms in total. The standard InChI is InChI=1S/C24H39N7O5S/c1-14(2)11-18(21(33)29-17(23(35)36)9-6-10-28-24(26)27)31-22(34)19(30-20(32)16(25)13-37)12-15-7-4-3-5-8-15/h3-5,7-8,14,16-19,37H,6,9-13,25H2,1-2H3,(H,29,33)(H,30,32)(H,31,34)(H,35,36)(H4,26,27,28)/t16?,17?,18-,19+/m0/s1. The quantitative estimate of drug-likeness (QED) is 0.0572. The van der Waals surface area contributed by atoms with E-state index in [0.717, 1.165) is 5.56 Å². The fourth-order valence-corrected chi connectivity index (χ4v) is 3.60. The van der Waals surface area contributed by atoms with Gasteiger partial charge in [0.15, 0.2) is 5.96 Å². The van der Waals surface area contributed by atoms with E-state index in [1.54, 1.807) is 12.1 Å². The number of carbonyl (C=O) groups is 4. The minimum absolute atomic E-state index is 0.000892. The lowest BCUT2D eigenvalue weighted by molar-refractivity contribution is -0.142. The van der Waals surface area contributed by atoms with Gasteiger partial charge in [-0.25, -0.2) is 4.79 Å². The predicted molar refractivity (Wildman–Crippen MR) is 145 cm³/mol. The Bertz CT molecular complexity index is 925. The van der Waals surface area contributed by atoms with Crippen LogP contribution >= 0.6 is 12.6 Å². The summed E-state index contributed by atoms with van der Waals surface area (Å²) in [5.74, 6) is -3.03. The molecule has 0 aliphatic rings. The minimum Gasteiger partial charge on any atom is -0.480 e. The van der Waals surface area contributed by atoms with Gasteiger partial charge >= 0.3 is 5.97 Å². The van der Waals surface area contributed by atoms with Crippen molar-refractivity contribution in [3.8, 4) is 0 Å². The van der Waals surface area contributed by atoms with Gasteiger partial charge in [0.1, 0.15) is 18.1 Å². The number of carbonyl (C=O) groups excluding carboxylic acids is 3. The zero-order chi connectivity index (χ0) is 28.0. The Balaban J connectivity index is 3.02. The molecule has 0 heterocycles. The number of aliphatic carboxylic acids is 1. The molecule has 1 rings (SSSR count). The van der Waals surface area contributed by atoms with E-state index in [0.29, 0.717) is 6.42 Å². The highest BCUT2D eigenvalue weighted by Crippen LogP contribution is 2.09. The molecule has 0 fully saturated rings. The van der Waals surface area contributed by atoms with E-state index in [9.17, 15) is 24.3 Å². The SMILES string of the molecule is CC(C)C[C@H](NC(=O)[C@@H](Cc1ccccc1)NC(=O)C(N)CS)C(=O)NC(CCCN=C(N)N)C(=O)O. The summed E-state index contributed by atoms with van der Waals surface area (Å²) in [6.07, 6.45) is 0.831. The number of carboxylic acids is 1. The van der Waals surface area contributed by atoms with E-state index in [2.05, 4.69) is 33.6 Å². The Hall–Kier alpha value is -3.32. The van der Waals surface area contributed by atoms with Gasteiger partial charge in [-0.2, -0.15) is 12.6 Å². The van der Waals surface area contributed by atoms with Crippen LogP contribution in [0.1, 0.15) is 38.7 Å². The second kappa shape index (κ2) is 16.4. The van der Waals surface area contributed by atoms with E-state index < -0.39 is 47.9 Å². The van der Waals surface area contributed by atoms with Gasteiger partial charge in [-0.1, -0.05) is 44.2 Å². The molecule has 0 saturated heterocycles. The zero-order valence-electron chi connectivity index (χ0n) is 21.2. The number of rotatable bonds is 16. The van der Waals surface area contributed by atoms with Crippen molar-refractivity contribution >= 4 is 42.3 Å². The molecule has 2 unspecified atom stereocenters. The number of nitrogens with one attached hydrogen (secondary N) is 3. The first-order valence-corrected chi connectivity index (χ1v) is 12.7. The Kier molecular flexibility index (Phi) is 14.1. The molecular weight excluding hydrogens is 498 g/mol. The molecule has 206 valence electrons. The molecule has 37 heavy (non-hydrogen) atoms. The van der Waals surface area contributed by atoms with Crippen LogP contribution in [0, 0.1) is 5.92 Å². The Morgan fingerprint density at radius 1 is 0.946 bits per heavy atom. The number of nitrogens with two attached hydrogens (primary N) is 3. The molecule has 3 amide bonds. The Morgan fingerprint density at radius 3 is 2.05 bits per heavy atom. The Labute approximate surface area is 222 Å². The van der Waals surface area contributed by atoms with Gasteiger partial charge in [-0.05, 0) is 30.7 Å². The molecule has 0 radical (unpaired) electrons. The van der Waals surface area contributed by atoms with Crippen LogP contribution in [0.5, 0.6) is 0 Å². The summed E-state index contributed by atoms with van der Waals surface area (Å²) in [6, 6.07) is 4.90. The molecule has 1 aromatic carbocycles. The number of benzene rings is 1. The highest BCUT2D eigenvalue weighted by Gasteiger charge is 2.30. The summed E-state index contributed by atoms with van der Waals surface area (Å²) in [7, 11) is 0. The van der Waals surface area contributed by atoms with Crippen molar-refractivity contribution in [3.05, 3.63) is 35.9 Å². The predicted octanol–water partition coefficient (Wildman–Crippen LogP) is -0.875. The van der Waals surface area contributed by atoms with Crippen LogP contribution in [0.3, 0.4) is 0 Å². The number of carboxylic acid groups (broad SMARTS) is 1. The third kappa shape index (κ3) is 12.5. The lowest BCUT2D eigenvalue weighted by Gasteiger charge is -2.26. The van der Waals surface area contributed by atoms with Gasteiger partial charge in [0, 0.05) is 18.7 Å². The van der Waals surface area contributed by atoms with Crippen molar-refractivity contribution in [1.82, 2.24) is 16.0 Å². The molecule has 1 aromatic rings. The van der Waals surface area contributed by atoms with Crippen LogP contribution in [0.2, 0.25) is 0 Å². The van der Waals surface area contributed by atoms with Crippen molar-refractivity contribution in [2.24, 2.45) is 28.1 Å². The van der Waals surface area contributed by atoms with Crippen molar-refractivity contribution in [1.29, 1.82) is 0 Å². The molecule has 0 saturated carbocycles. The third-order valence-corrected chi connectivity index (χ3v) is 5.74. The summed E-state index contributed by atoms with van der Waals surface area (Å²) >= 11 is 4.03. The third-order valence-electron chi connectivity index (χ3n) is 5.35. The summed E-state index contributed by atoms with van der Waals surface area (Å²) in [6.45, 7) is 3.94. The molecule has 10 N–H and O–H groups in total. The largest absolute Gasteiger partial charge is 0.480 e. The summed E-state index contributed by atoms with van der Waals surface area (Å²) < 4.78 is 0. The van der Waals surface area contributed by atoms with E-state index in [4.69, 9.17) is 17.2 Å². The van der Waals surface area contributed by atoms with E-state index in [-0.39, 0.29) is 43.4 Å². The second-order valence-electron chi connectivity index (χ2n) is 9.08. The topological polar surface area (TPSA) is 215 Å². The first kappa shape index (κ1) is 31.7. The average molecular weight is 538 g/mol. The van der Waals surface area contributed by atoms with Gasteiger partial charge in [-0.15, -0.1) is 0 Å². The molecular formula is C24H39N7O5S. The van der Waals surface area contributed by atoms with Gasteiger partial charge in [0.25, 0.3) is 0 Å². The van der Waals surface area contributed by atoms with Crippen LogP contribution in [-0.4, -0.2) is 71.2 Å². The van der Waals surface area contributed by atoms with Crippen LogP contribution < -0.4 is 33.2 Å². The number of aliphatic imine (C=N–C) groups is 1. The lowest BCUT2D eigenvalue weighted by atomic mass is 10.00. The fraction of sp³-hybridized carbons (Fsp3) is 0.542. The van der Waals surface area contributed by atoms with E-state index in [1.807, 2.05) is 32.0 Å². The monoisotopic (exact) mass is 537 g/mol. The van der Waals surface area contributed by atoms with Gasteiger partial charge in [0.05, 0.1) is 6.04 Å². The maximum absolute atomic E-state index is 13.3. The van der Waals surface area contributed by atoms with Crippen LogP contribution in [0.15, 0.2) is 35.3 Å². The molecule has 4 atom stereocenters. The van der Waals surface area contributed by atoms with Crippen molar-refractivity contribution in [2.45, 2.75) is 63.7 Å². The van der Waals surface area contributed by atoms with Crippen molar-refractivity contribution in [2.75, 3.05) is 12.3 Å². The molecule has 0 spiro atoms. The molecule has 13 heteroatoms. The van der Waals surface area contributed by atoms with Gasteiger partial charge < -0.3 is 38.3 Å². The maximum Gasteiger partial charge on any atom is 0.326 e. The first-order valence-electron chi connectivity index (χ1n) is 12.0. The second-order valence-corrected chi connectivity index (χ2v) is 9.44. The van der Waals surface area contributed by atoms with Crippen LogP contribution in [0.25, 0.3) is 0 Å². The van der Waals surface area contributed by atoms with Gasteiger partial charge in [-0.3, -0.25) is 19.4 Å². The summed E-state index contributed by atoms with van der Waals surface area (Å²) in [4.78, 5) is 54.3. The van der Waals surface area contributed by atoms with Crippen molar-refractivity contribution in [3.63, 3.8) is 0 Å². The Morgan fingerprint density at radius 2 is 1.51 bits per heavy atom. The fourth-order valence-electron chi connectivity index (χ4n) is 3.43. The smallest absolute Gasteiger partial charge is 0.326 e. The molecule has 0 aliphatic heterocycles. The average Bonchev–Trinajstić information content (AvgIpc) is 2.84. The number of thiol groups is 1.